The molecule has 0 atom stereocenters. The summed E-state index contributed by atoms with van der Waals surface area (Å²) in [6.45, 7) is 0.452. The molecule has 1 saturated carbocycles. The number of rotatable bonds is 8. The summed E-state index contributed by atoms with van der Waals surface area (Å²) in [6.07, 6.45) is 4.03. The fraction of sp³-hybridized carbons (Fsp3) is 0.344. The van der Waals surface area contributed by atoms with Gasteiger partial charge in [-0.3, -0.25) is 4.79 Å². The zero-order valence-corrected chi connectivity index (χ0v) is 24.5. The van der Waals surface area contributed by atoms with Gasteiger partial charge in [0.2, 0.25) is 0 Å². The van der Waals surface area contributed by atoms with Crippen molar-refractivity contribution < 1.29 is 14.3 Å². The molecule has 1 heterocycles. The molecule has 1 aliphatic carbocycles. The SMILES string of the molecule is COc1ccc(-c2ccc(OC)c(CN(C(=O)c3sc4ccccc4c3Cl)C3CCC(N(C)C)CC3)c2)cc1. The molecule has 1 aliphatic rings. The molecule has 5 nitrogen and oxygen atoms in total. The Morgan fingerprint density at radius 1 is 0.897 bits per heavy atom. The monoisotopic (exact) mass is 562 g/mol. The number of ether oxygens (including phenoxy) is 2. The molecule has 1 amide bonds. The van der Waals surface area contributed by atoms with E-state index in [1.165, 1.54) is 11.3 Å². The molecule has 4 aromatic rings. The summed E-state index contributed by atoms with van der Waals surface area (Å²) >= 11 is 8.29. The van der Waals surface area contributed by atoms with Crippen molar-refractivity contribution in [2.75, 3.05) is 28.3 Å². The molecule has 0 N–H and O–H groups in total. The second-order valence-electron chi connectivity index (χ2n) is 10.4. The van der Waals surface area contributed by atoms with Crippen LogP contribution in [0.1, 0.15) is 40.9 Å². The smallest absolute Gasteiger partial charge is 0.266 e. The Kier molecular flexibility index (Phi) is 8.46. The van der Waals surface area contributed by atoms with Crippen LogP contribution < -0.4 is 9.47 Å². The highest BCUT2D eigenvalue weighted by atomic mass is 35.5. The fourth-order valence-corrected chi connectivity index (χ4v) is 7.05. The summed E-state index contributed by atoms with van der Waals surface area (Å²) in [5, 5.41) is 1.48. The van der Waals surface area contributed by atoms with E-state index >= 15 is 0 Å². The van der Waals surface area contributed by atoms with E-state index < -0.39 is 0 Å². The van der Waals surface area contributed by atoms with Crippen LogP contribution in [-0.4, -0.2) is 56.1 Å². The molecule has 204 valence electrons. The summed E-state index contributed by atoms with van der Waals surface area (Å²) in [5.41, 5.74) is 3.12. The van der Waals surface area contributed by atoms with E-state index in [2.05, 4.69) is 31.1 Å². The minimum atomic E-state index is -0.00796. The van der Waals surface area contributed by atoms with Gasteiger partial charge in [-0.25, -0.2) is 0 Å². The van der Waals surface area contributed by atoms with Crippen molar-refractivity contribution in [2.45, 2.75) is 44.3 Å². The van der Waals surface area contributed by atoms with Gasteiger partial charge >= 0.3 is 0 Å². The van der Waals surface area contributed by atoms with Gasteiger partial charge in [0.05, 0.1) is 19.2 Å². The molecule has 0 radical (unpaired) electrons. The summed E-state index contributed by atoms with van der Waals surface area (Å²) < 4.78 is 12.1. The van der Waals surface area contributed by atoms with Gasteiger partial charge in [0.25, 0.3) is 5.91 Å². The number of carbonyl (C=O) groups excluding carboxylic acids is 1. The maximum Gasteiger partial charge on any atom is 0.266 e. The maximum absolute atomic E-state index is 14.3. The number of thiophene rings is 1. The highest BCUT2D eigenvalue weighted by molar-refractivity contribution is 7.21. The number of benzene rings is 3. The number of hydrogen-bond donors (Lipinski definition) is 0. The van der Waals surface area contributed by atoms with Gasteiger partial charge in [0, 0.05) is 34.3 Å². The third kappa shape index (κ3) is 5.79. The molecule has 5 rings (SSSR count). The van der Waals surface area contributed by atoms with Gasteiger partial charge in [-0.05, 0) is 81.2 Å². The molecule has 7 heteroatoms. The van der Waals surface area contributed by atoms with E-state index in [0.717, 1.165) is 64.0 Å². The first-order chi connectivity index (χ1) is 18.9. The second kappa shape index (κ2) is 12.0. The van der Waals surface area contributed by atoms with Crippen molar-refractivity contribution in [1.29, 1.82) is 0 Å². The molecule has 1 fully saturated rings. The van der Waals surface area contributed by atoms with Crippen molar-refractivity contribution in [2.24, 2.45) is 0 Å². The average Bonchev–Trinajstić information content (AvgIpc) is 3.32. The van der Waals surface area contributed by atoms with Crippen molar-refractivity contribution in [3.05, 3.63) is 82.2 Å². The predicted octanol–water partition coefficient (Wildman–Crippen LogP) is 7.75. The van der Waals surface area contributed by atoms with Crippen LogP contribution in [0.4, 0.5) is 0 Å². The Labute approximate surface area is 239 Å². The van der Waals surface area contributed by atoms with E-state index in [0.29, 0.717) is 22.5 Å². The zero-order chi connectivity index (χ0) is 27.5. The van der Waals surface area contributed by atoms with Crippen molar-refractivity contribution in [1.82, 2.24) is 9.80 Å². The molecular weight excluding hydrogens is 528 g/mol. The van der Waals surface area contributed by atoms with E-state index in [-0.39, 0.29) is 11.9 Å². The zero-order valence-electron chi connectivity index (χ0n) is 22.9. The maximum atomic E-state index is 14.3. The topological polar surface area (TPSA) is 42.0 Å². The van der Waals surface area contributed by atoms with E-state index in [1.54, 1.807) is 14.2 Å². The average molecular weight is 563 g/mol. The van der Waals surface area contributed by atoms with Gasteiger partial charge in [-0.2, -0.15) is 0 Å². The lowest BCUT2D eigenvalue weighted by Gasteiger charge is -2.39. The molecule has 0 aliphatic heterocycles. The number of fused-ring (bicyclic) bond motifs is 1. The quantitative estimate of drug-likeness (QED) is 0.220. The number of methoxy groups -OCH3 is 2. The molecule has 0 unspecified atom stereocenters. The molecule has 3 aromatic carbocycles. The van der Waals surface area contributed by atoms with Gasteiger partial charge in [0.15, 0.2) is 0 Å². The first kappa shape index (κ1) is 27.5. The highest BCUT2D eigenvalue weighted by Crippen LogP contribution is 2.38. The van der Waals surface area contributed by atoms with E-state index in [1.807, 2.05) is 59.5 Å². The Bertz CT molecular complexity index is 1440. The number of hydrogen-bond acceptors (Lipinski definition) is 5. The second-order valence-corrected chi connectivity index (χ2v) is 11.8. The van der Waals surface area contributed by atoms with Gasteiger partial charge < -0.3 is 19.3 Å². The molecule has 1 aromatic heterocycles. The summed E-state index contributed by atoms with van der Waals surface area (Å²) in [7, 11) is 7.63. The predicted molar refractivity (Wildman–Crippen MR) is 161 cm³/mol. The first-order valence-electron chi connectivity index (χ1n) is 13.4. The van der Waals surface area contributed by atoms with Crippen LogP contribution >= 0.6 is 22.9 Å². The first-order valence-corrected chi connectivity index (χ1v) is 14.5. The van der Waals surface area contributed by atoms with Crippen LogP contribution in [0.3, 0.4) is 0 Å². The lowest BCUT2D eigenvalue weighted by Crippen LogP contribution is -2.44. The van der Waals surface area contributed by atoms with E-state index in [4.69, 9.17) is 21.1 Å². The van der Waals surface area contributed by atoms with Crippen LogP contribution in [0.25, 0.3) is 21.2 Å². The Morgan fingerprint density at radius 3 is 2.21 bits per heavy atom. The molecule has 0 saturated heterocycles. The summed E-state index contributed by atoms with van der Waals surface area (Å²) in [4.78, 5) is 19.2. The lowest BCUT2D eigenvalue weighted by molar-refractivity contribution is 0.0573. The Morgan fingerprint density at radius 2 is 1.56 bits per heavy atom. The molecule has 39 heavy (non-hydrogen) atoms. The summed E-state index contributed by atoms with van der Waals surface area (Å²) in [5.74, 6) is 1.58. The number of halogens is 1. The highest BCUT2D eigenvalue weighted by Gasteiger charge is 2.33. The van der Waals surface area contributed by atoms with Crippen molar-refractivity contribution in [3.63, 3.8) is 0 Å². The van der Waals surface area contributed by atoms with Crippen LogP contribution in [0.2, 0.25) is 5.02 Å². The largest absolute Gasteiger partial charge is 0.497 e. The standard InChI is InChI=1S/C32H35ClN2O3S/c1-34(2)24-12-14-25(15-13-24)35(32(36)31-30(33)27-7-5-6-8-29(27)39-31)20-23-19-22(11-18-28(23)38-4)21-9-16-26(37-3)17-10-21/h5-11,16-19,24-25H,12-15,20H2,1-4H3. The third-order valence-electron chi connectivity index (χ3n) is 7.87. The van der Waals surface area contributed by atoms with Crippen molar-refractivity contribution >= 4 is 38.9 Å². The molecule has 0 spiro atoms. The normalized spacial score (nSPS) is 17.4. The summed E-state index contributed by atoms with van der Waals surface area (Å²) in [6, 6.07) is 22.8. The van der Waals surface area contributed by atoms with Gasteiger partial charge in [-0.15, -0.1) is 11.3 Å². The number of nitrogens with zero attached hydrogens (tertiary/aromatic N) is 2. The van der Waals surface area contributed by atoms with Crippen LogP contribution in [0.15, 0.2) is 66.7 Å². The lowest BCUT2D eigenvalue weighted by atomic mass is 9.89. The molecular formula is C32H35ClN2O3S. The minimum absolute atomic E-state index is 0.00796. The van der Waals surface area contributed by atoms with E-state index in [9.17, 15) is 4.79 Å². The van der Waals surface area contributed by atoms with Crippen molar-refractivity contribution in [3.8, 4) is 22.6 Å². The number of amides is 1. The van der Waals surface area contributed by atoms with Crippen LogP contribution in [0, 0.1) is 0 Å². The molecule has 0 bridgehead atoms. The third-order valence-corrected chi connectivity index (χ3v) is 9.54. The van der Waals surface area contributed by atoms with Crippen LogP contribution in [-0.2, 0) is 6.54 Å². The number of carbonyl (C=O) groups is 1. The Hall–Kier alpha value is -3.06. The fourth-order valence-electron chi connectivity index (χ4n) is 5.58. The van der Waals surface area contributed by atoms with Gasteiger partial charge in [-0.1, -0.05) is 48.0 Å². The van der Waals surface area contributed by atoms with Crippen LogP contribution in [0.5, 0.6) is 11.5 Å². The Balaban J connectivity index is 1.51. The minimum Gasteiger partial charge on any atom is -0.497 e. The van der Waals surface area contributed by atoms with Gasteiger partial charge in [0.1, 0.15) is 16.4 Å².